The zero-order valence-electron chi connectivity index (χ0n) is 11.3. The van der Waals surface area contributed by atoms with Crippen molar-refractivity contribution in [1.29, 1.82) is 0 Å². The molecule has 0 radical (unpaired) electrons. The van der Waals surface area contributed by atoms with Gasteiger partial charge in [0.05, 0.1) is 11.3 Å². The lowest BCUT2D eigenvalue weighted by atomic mass is 9.75. The van der Waals surface area contributed by atoms with Gasteiger partial charge in [0.15, 0.2) is 5.78 Å². The van der Waals surface area contributed by atoms with Crippen molar-refractivity contribution in [2.45, 2.75) is 59.9 Å². The molecule has 0 spiro atoms. The van der Waals surface area contributed by atoms with Crippen molar-refractivity contribution in [1.82, 2.24) is 9.78 Å². The predicted octanol–water partition coefficient (Wildman–Crippen LogP) is 3.01. The number of fused-ring (bicyclic) bond motifs is 1. The summed E-state index contributed by atoms with van der Waals surface area (Å²) < 4.78 is 2.05. The van der Waals surface area contributed by atoms with E-state index < -0.39 is 0 Å². The first kappa shape index (κ1) is 12.3. The number of aromatic nitrogens is 2. The average molecular weight is 234 g/mol. The minimum Gasteiger partial charge on any atom is -0.294 e. The largest absolute Gasteiger partial charge is 0.294 e. The number of hydrogen-bond donors (Lipinski definition) is 0. The molecule has 1 aliphatic carbocycles. The Labute approximate surface area is 103 Å². The van der Waals surface area contributed by atoms with Crippen LogP contribution in [0.1, 0.15) is 62.3 Å². The van der Waals surface area contributed by atoms with E-state index in [2.05, 4.69) is 32.8 Å². The molecule has 2 rings (SSSR count). The summed E-state index contributed by atoms with van der Waals surface area (Å²) in [6.07, 6.45) is 3.54. The topological polar surface area (TPSA) is 34.9 Å². The highest BCUT2D eigenvalue weighted by Crippen LogP contribution is 2.35. The van der Waals surface area contributed by atoms with Crippen LogP contribution in [0.5, 0.6) is 0 Å². The van der Waals surface area contributed by atoms with Gasteiger partial charge in [-0.3, -0.25) is 9.48 Å². The van der Waals surface area contributed by atoms with Crippen molar-refractivity contribution in [3.8, 4) is 0 Å². The third kappa shape index (κ3) is 2.15. The molecule has 0 fully saturated rings. The van der Waals surface area contributed by atoms with Crippen molar-refractivity contribution < 1.29 is 4.79 Å². The summed E-state index contributed by atoms with van der Waals surface area (Å²) in [4.78, 5) is 12.2. The van der Waals surface area contributed by atoms with Gasteiger partial charge in [0.1, 0.15) is 0 Å². The van der Waals surface area contributed by atoms with Gasteiger partial charge < -0.3 is 0 Å². The van der Waals surface area contributed by atoms with Crippen molar-refractivity contribution in [3.63, 3.8) is 0 Å². The smallest absolute Gasteiger partial charge is 0.167 e. The Morgan fingerprint density at radius 1 is 1.29 bits per heavy atom. The number of carbonyl (C=O) groups excluding carboxylic acids is 1. The number of hydrogen-bond acceptors (Lipinski definition) is 2. The molecule has 3 nitrogen and oxygen atoms in total. The van der Waals surface area contributed by atoms with Gasteiger partial charge in [-0.1, -0.05) is 27.7 Å². The first-order valence-corrected chi connectivity index (χ1v) is 6.60. The van der Waals surface area contributed by atoms with E-state index in [1.807, 2.05) is 4.68 Å². The lowest BCUT2D eigenvalue weighted by molar-refractivity contribution is 0.0911. The third-order valence-corrected chi connectivity index (χ3v) is 3.46. The summed E-state index contributed by atoms with van der Waals surface area (Å²) in [6, 6.07) is 0. The van der Waals surface area contributed by atoms with Gasteiger partial charge in [-0.15, -0.1) is 0 Å². The fraction of sp³-hybridized carbons (Fsp3) is 0.714. The maximum atomic E-state index is 12.2. The van der Waals surface area contributed by atoms with Gasteiger partial charge in [-0.05, 0) is 24.7 Å². The normalized spacial score (nSPS) is 18.2. The zero-order valence-corrected chi connectivity index (χ0v) is 11.3. The molecular weight excluding hydrogens is 212 g/mol. The van der Waals surface area contributed by atoms with Crippen LogP contribution in [-0.2, 0) is 19.4 Å². The SMILES string of the molecule is CCCn1nc2c(c1CC)C(=O)CC(C)(C)C2. The summed E-state index contributed by atoms with van der Waals surface area (Å²) in [7, 11) is 0. The minimum absolute atomic E-state index is 0.0699. The summed E-state index contributed by atoms with van der Waals surface area (Å²) in [6.45, 7) is 9.48. The van der Waals surface area contributed by atoms with Crippen LogP contribution in [0.15, 0.2) is 0 Å². The molecular formula is C14H22N2O. The summed E-state index contributed by atoms with van der Waals surface area (Å²) >= 11 is 0. The fourth-order valence-electron chi connectivity index (χ4n) is 2.79. The highest BCUT2D eigenvalue weighted by molar-refractivity contribution is 5.99. The molecule has 1 heterocycles. The first-order chi connectivity index (χ1) is 7.98. The van der Waals surface area contributed by atoms with Crippen LogP contribution >= 0.6 is 0 Å². The second-order valence-electron chi connectivity index (χ2n) is 5.79. The standard InChI is InChI=1S/C14H22N2O/c1-5-7-16-11(6-2)13-10(15-16)8-14(3,4)9-12(13)17/h5-9H2,1-4H3. The summed E-state index contributed by atoms with van der Waals surface area (Å²) in [5.74, 6) is 0.287. The van der Waals surface area contributed by atoms with Gasteiger partial charge in [-0.25, -0.2) is 0 Å². The fourth-order valence-corrected chi connectivity index (χ4v) is 2.79. The average Bonchev–Trinajstić information content (AvgIpc) is 2.54. The van der Waals surface area contributed by atoms with Gasteiger partial charge in [0.2, 0.25) is 0 Å². The second kappa shape index (κ2) is 4.28. The highest BCUT2D eigenvalue weighted by atomic mass is 16.1. The molecule has 0 bridgehead atoms. The number of nitrogens with zero attached hydrogens (tertiary/aromatic N) is 2. The third-order valence-electron chi connectivity index (χ3n) is 3.46. The number of Topliss-reactive ketones (excluding diaryl/α,β-unsaturated/α-hetero) is 1. The van der Waals surface area contributed by atoms with Gasteiger partial charge >= 0.3 is 0 Å². The van der Waals surface area contributed by atoms with Crippen LogP contribution in [0.25, 0.3) is 0 Å². The van der Waals surface area contributed by atoms with Crippen molar-refractivity contribution in [3.05, 3.63) is 17.0 Å². The van der Waals surface area contributed by atoms with E-state index in [1.165, 1.54) is 0 Å². The predicted molar refractivity (Wildman–Crippen MR) is 68.3 cm³/mol. The maximum Gasteiger partial charge on any atom is 0.167 e. The van der Waals surface area contributed by atoms with E-state index in [0.29, 0.717) is 6.42 Å². The van der Waals surface area contributed by atoms with Crippen molar-refractivity contribution >= 4 is 5.78 Å². The van der Waals surface area contributed by atoms with Gasteiger partial charge in [0, 0.05) is 18.7 Å². The molecule has 1 aliphatic rings. The molecule has 0 N–H and O–H groups in total. The minimum atomic E-state index is 0.0699. The quantitative estimate of drug-likeness (QED) is 0.805. The Kier molecular flexibility index (Phi) is 3.11. The Bertz CT molecular complexity index is 443. The number of aryl methyl sites for hydroxylation is 1. The van der Waals surface area contributed by atoms with E-state index in [0.717, 1.165) is 42.8 Å². The molecule has 0 saturated heterocycles. The van der Waals surface area contributed by atoms with E-state index in [1.54, 1.807) is 0 Å². The molecule has 0 amide bonds. The highest BCUT2D eigenvalue weighted by Gasteiger charge is 2.35. The van der Waals surface area contributed by atoms with Crippen LogP contribution in [0.3, 0.4) is 0 Å². The van der Waals surface area contributed by atoms with Crippen molar-refractivity contribution in [2.24, 2.45) is 5.41 Å². The Hall–Kier alpha value is -1.12. The van der Waals surface area contributed by atoms with Crippen LogP contribution in [0.4, 0.5) is 0 Å². The Morgan fingerprint density at radius 3 is 2.59 bits per heavy atom. The first-order valence-electron chi connectivity index (χ1n) is 6.60. The van der Waals surface area contributed by atoms with Crippen LogP contribution in [-0.4, -0.2) is 15.6 Å². The van der Waals surface area contributed by atoms with Gasteiger partial charge in [-0.2, -0.15) is 5.10 Å². The van der Waals surface area contributed by atoms with E-state index in [4.69, 9.17) is 0 Å². The number of ketones is 1. The lowest BCUT2D eigenvalue weighted by Crippen LogP contribution is -2.27. The van der Waals surface area contributed by atoms with E-state index in [-0.39, 0.29) is 11.2 Å². The molecule has 0 atom stereocenters. The number of rotatable bonds is 3. The second-order valence-corrected chi connectivity index (χ2v) is 5.79. The summed E-state index contributed by atoms with van der Waals surface area (Å²) in [5, 5.41) is 4.65. The summed E-state index contributed by atoms with van der Waals surface area (Å²) in [5.41, 5.74) is 3.17. The van der Waals surface area contributed by atoms with E-state index in [9.17, 15) is 4.79 Å². The molecule has 17 heavy (non-hydrogen) atoms. The van der Waals surface area contributed by atoms with E-state index >= 15 is 0 Å². The monoisotopic (exact) mass is 234 g/mol. The van der Waals surface area contributed by atoms with Crippen LogP contribution in [0.2, 0.25) is 0 Å². The molecule has 1 aromatic rings. The molecule has 1 aromatic heterocycles. The van der Waals surface area contributed by atoms with Gasteiger partial charge in [0.25, 0.3) is 0 Å². The Balaban J connectivity index is 2.49. The van der Waals surface area contributed by atoms with Crippen LogP contribution in [0, 0.1) is 5.41 Å². The molecule has 94 valence electrons. The Morgan fingerprint density at radius 2 is 2.00 bits per heavy atom. The lowest BCUT2D eigenvalue weighted by Gasteiger charge is -2.27. The number of carbonyl (C=O) groups is 1. The van der Waals surface area contributed by atoms with Crippen LogP contribution < -0.4 is 0 Å². The molecule has 0 saturated carbocycles. The van der Waals surface area contributed by atoms with Crippen molar-refractivity contribution in [2.75, 3.05) is 0 Å². The molecule has 3 heteroatoms. The molecule has 0 unspecified atom stereocenters. The molecule has 0 aliphatic heterocycles. The molecule has 0 aromatic carbocycles. The zero-order chi connectivity index (χ0) is 12.6. The maximum absolute atomic E-state index is 12.2.